The quantitative estimate of drug-likeness (QED) is 0.747. The van der Waals surface area contributed by atoms with Gasteiger partial charge in [-0.2, -0.15) is 0 Å². The minimum atomic E-state index is -0.271. The van der Waals surface area contributed by atoms with Gasteiger partial charge < -0.3 is 10.2 Å². The Morgan fingerprint density at radius 2 is 1.94 bits per heavy atom. The first-order valence-electron chi connectivity index (χ1n) is 5.25. The van der Waals surface area contributed by atoms with Gasteiger partial charge in [0.05, 0.1) is 14.1 Å². The molecule has 0 fully saturated rings. The molecule has 0 aliphatic rings. The lowest BCUT2D eigenvalue weighted by Gasteiger charge is -2.28. The van der Waals surface area contributed by atoms with Crippen molar-refractivity contribution in [3.8, 4) is 0 Å². The third-order valence-corrected chi connectivity index (χ3v) is 2.41. The average Bonchev–Trinajstić information content (AvgIpc) is 2.16. The summed E-state index contributed by atoms with van der Waals surface area (Å²) in [6.07, 6.45) is 1.81. The Labute approximate surface area is 96.8 Å². The predicted octanol–water partition coefficient (Wildman–Crippen LogP) is 1.39. The van der Waals surface area contributed by atoms with Crippen molar-refractivity contribution in [1.82, 2.24) is 0 Å². The Morgan fingerprint density at radius 3 is 2.38 bits per heavy atom. The van der Waals surface area contributed by atoms with Crippen molar-refractivity contribution in [2.45, 2.75) is 6.54 Å². The molecule has 0 bridgehead atoms. The SMILES string of the molecule is C=Cc1ccc(C[N+](C)(C)CC(N)=O)cc1. The standard InChI is InChI=1S/C13H18N2O/c1-4-11-5-7-12(8-6-11)9-15(2,3)10-13(14)16/h4-8H,1,9-10H2,2-3H3,(H-,14,16)/p+1. The summed E-state index contributed by atoms with van der Waals surface area (Å²) in [5, 5.41) is 0. The van der Waals surface area contributed by atoms with Crippen LogP contribution in [0, 0.1) is 0 Å². The van der Waals surface area contributed by atoms with Gasteiger partial charge in [-0.25, -0.2) is 0 Å². The first-order chi connectivity index (χ1) is 7.43. The Balaban J connectivity index is 2.71. The second-order valence-corrected chi connectivity index (χ2v) is 4.66. The molecule has 1 rings (SSSR count). The largest absolute Gasteiger partial charge is 0.365 e. The van der Waals surface area contributed by atoms with Gasteiger partial charge in [-0.1, -0.05) is 36.9 Å². The van der Waals surface area contributed by atoms with Crippen LogP contribution < -0.4 is 5.73 Å². The van der Waals surface area contributed by atoms with E-state index in [1.807, 2.05) is 32.3 Å². The number of hydrogen-bond acceptors (Lipinski definition) is 1. The molecule has 3 nitrogen and oxygen atoms in total. The van der Waals surface area contributed by atoms with Crippen LogP contribution in [-0.4, -0.2) is 31.0 Å². The molecule has 0 aliphatic carbocycles. The minimum Gasteiger partial charge on any atom is -0.365 e. The van der Waals surface area contributed by atoms with Gasteiger partial charge in [-0.15, -0.1) is 0 Å². The van der Waals surface area contributed by atoms with Crippen LogP contribution in [0.25, 0.3) is 6.08 Å². The molecule has 0 unspecified atom stereocenters. The van der Waals surface area contributed by atoms with Crippen LogP contribution in [0.15, 0.2) is 30.8 Å². The van der Waals surface area contributed by atoms with Crippen molar-refractivity contribution >= 4 is 12.0 Å². The summed E-state index contributed by atoms with van der Waals surface area (Å²) in [7, 11) is 3.98. The molecule has 3 heteroatoms. The Morgan fingerprint density at radius 1 is 1.38 bits per heavy atom. The van der Waals surface area contributed by atoms with Crippen LogP contribution in [0.2, 0.25) is 0 Å². The van der Waals surface area contributed by atoms with Crippen LogP contribution in [0.1, 0.15) is 11.1 Å². The molecular formula is C13H19N2O+. The zero-order valence-electron chi connectivity index (χ0n) is 9.94. The van der Waals surface area contributed by atoms with Gasteiger partial charge in [0.15, 0.2) is 6.54 Å². The van der Waals surface area contributed by atoms with Crippen LogP contribution >= 0.6 is 0 Å². The fraction of sp³-hybridized carbons (Fsp3) is 0.308. The highest BCUT2D eigenvalue weighted by atomic mass is 16.1. The first kappa shape index (κ1) is 12.5. The highest BCUT2D eigenvalue weighted by Gasteiger charge is 2.18. The number of amides is 1. The maximum Gasteiger partial charge on any atom is 0.272 e. The van der Waals surface area contributed by atoms with Crippen molar-refractivity contribution < 1.29 is 9.28 Å². The van der Waals surface area contributed by atoms with Gasteiger partial charge in [-0.3, -0.25) is 4.79 Å². The Bertz CT molecular complexity index is 379. The number of benzene rings is 1. The number of carbonyl (C=O) groups excluding carboxylic acids is 1. The lowest BCUT2D eigenvalue weighted by molar-refractivity contribution is -0.895. The molecule has 1 aromatic carbocycles. The molecule has 0 spiro atoms. The third kappa shape index (κ3) is 3.87. The van der Waals surface area contributed by atoms with Gasteiger partial charge in [0.25, 0.3) is 5.91 Å². The molecule has 0 atom stereocenters. The smallest absolute Gasteiger partial charge is 0.272 e. The molecule has 16 heavy (non-hydrogen) atoms. The van der Waals surface area contributed by atoms with E-state index in [2.05, 4.69) is 18.7 Å². The first-order valence-corrected chi connectivity index (χ1v) is 5.25. The molecule has 86 valence electrons. The van der Waals surface area contributed by atoms with Crippen LogP contribution in [0.3, 0.4) is 0 Å². The molecule has 0 heterocycles. The number of nitrogens with two attached hydrogens (primary N) is 1. The van der Waals surface area contributed by atoms with Gasteiger partial charge in [0, 0.05) is 5.56 Å². The van der Waals surface area contributed by atoms with E-state index in [0.29, 0.717) is 11.0 Å². The maximum absolute atomic E-state index is 10.9. The summed E-state index contributed by atoms with van der Waals surface area (Å²) in [6.45, 7) is 4.85. The van der Waals surface area contributed by atoms with Gasteiger partial charge in [0.1, 0.15) is 6.54 Å². The summed E-state index contributed by atoms with van der Waals surface area (Å²) in [6, 6.07) is 8.15. The summed E-state index contributed by atoms with van der Waals surface area (Å²) in [5.74, 6) is -0.271. The average molecular weight is 219 g/mol. The van der Waals surface area contributed by atoms with E-state index in [-0.39, 0.29) is 5.91 Å². The molecule has 0 aliphatic heterocycles. The van der Waals surface area contributed by atoms with Crippen LogP contribution in [0.4, 0.5) is 0 Å². The second kappa shape index (κ2) is 4.94. The molecule has 0 aromatic heterocycles. The van der Waals surface area contributed by atoms with E-state index in [1.165, 1.54) is 5.56 Å². The number of likely N-dealkylation sites (N-methyl/N-ethyl adjacent to an activating group) is 1. The maximum atomic E-state index is 10.9. The normalized spacial score (nSPS) is 11.1. The van der Waals surface area contributed by atoms with Gasteiger partial charge in [0.2, 0.25) is 0 Å². The lowest BCUT2D eigenvalue weighted by atomic mass is 10.1. The van der Waals surface area contributed by atoms with Crippen LogP contribution in [-0.2, 0) is 11.3 Å². The number of carbonyl (C=O) groups is 1. The van der Waals surface area contributed by atoms with Crippen molar-refractivity contribution in [2.75, 3.05) is 20.6 Å². The van der Waals surface area contributed by atoms with E-state index >= 15 is 0 Å². The van der Waals surface area contributed by atoms with E-state index in [9.17, 15) is 4.79 Å². The van der Waals surface area contributed by atoms with E-state index < -0.39 is 0 Å². The molecule has 1 amide bonds. The topological polar surface area (TPSA) is 43.1 Å². The number of hydrogen-bond donors (Lipinski definition) is 1. The lowest BCUT2D eigenvalue weighted by Crippen LogP contribution is -2.45. The molecule has 0 radical (unpaired) electrons. The Kier molecular flexibility index (Phi) is 3.85. The summed E-state index contributed by atoms with van der Waals surface area (Å²) < 4.78 is 0.572. The van der Waals surface area contributed by atoms with Crippen molar-refractivity contribution in [1.29, 1.82) is 0 Å². The van der Waals surface area contributed by atoms with Crippen LogP contribution in [0.5, 0.6) is 0 Å². The van der Waals surface area contributed by atoms with Gasteiger partial charge in [-0.05, 0) is 5.56 Å². The number of primary amides is 1. The van der Waals surface area contributed by atoms with E-state index in [4.69, 9.17) is 5.73 Å². The summed E-state index contributed by atoms with van der Waals surface area (Å²) in [5.41, 5.74) is 7.50. The van der Waals surface area contributed by atoms with E-state index in [1.54, 1.807) is 0 Å². The van der Waals surface area contributed by atoms with Gasteiger partial charge >= 0.3 is 0 Å². The molecule has 1 aromatic rings. The van der Waals surface area contributed by atoms with Crippen molar-refractivity contribution in [2.24, 2.45) is 5.73 Å². The Hall–Kier alpha value is -1.61. The fourth-order valence-electron chi connectivity index (χ4n) is 1.73. The number of quaternary nitrogens is 1. The molecule has 0 saturated heterocycles. The molecule has 2 N–H and O–H groups in total. The third-order valence-electron chi connectivity index (χ3n) is 2.41. The number of nitrogens with zero attached hydrogens (tertiary/aromatic N) is 1. The highest BCUT2D eigenvalue weighted by molar-refractivity contribution is 5.74. The van der Waals surface area contributed by atoms with Crippen molar-refractivity contribution in [3.63, 3.8) is 0 Å². The summed E-state index contributed by atoms with van der Waals surface area (Å²) >= 11 is 0. The second-order valence-electron chi connectivity index (χ2n) is 4.66. The minimum absolute atomic E-state index is 0.271. The predicted molar refractivity (Wildman–Crippen MR) is 66.4 cm³/mol. The molecule has 0 saturated carbocycles. The fourth-order valence-corrected chi connectivity index (χ4v) is 1.73. The summed E-state index contributed by atoms with van der Waals surface area (Å²) in [4.78, 5) is 10.9. The number of rotatable bonds is 5. The zero-order chi connectivity index (χ0) is 12.2. The zero-order valence-corrected chi connectivity index (χ0v) is 9.94. The van der Waals surface area contributed by atoms with E-state index in [0.717, 1.165) is 12.1 Å². The highest BCUT2D eigenvalue weighted by Crippen LogP contribution is 2.11. The molecular weight excluding hydrogens is 200 g/mol. The van der Waals surface area contributed by atoms with Crippen molar-refractivity contribution in [3.05, 3.63) is 42.0 Å². The monoisotopic (exact) mass is 219 g/mol.